The smallest absolute Gasteiger partial charge is 0.345 e. The number of hydrogen-bond acceptors (Lipinski definition) is 2. The van der Waals surface area contributed by atoms with Crippen LogP contribution in [0.5, 0.6) is 5.75 Å². The third-order valence-corrected chi connectivity index (χ3v) is 2.89. The zero-order chi connectivity index (χ0) is 13.9. The summed E-state index contributed by atoms with van der Waals surface area (Å²) in [6, 6.07) is 5.94. The number of carbonyl (C=O) groups is 1. The van der Waals surface area contributed by atoms with Crippen molar-refractivity contribution in [2.24, 2.45) is 5.92 Å². The van der Waals surface area contributed by atoms with Crippen molar-refractivity contribution < 1.29 is 14.6 Å². The molecule has 1 aromatic carbocycles. The van der Waals surface area contributed by atoms with E-state index in [0.29, 0.717) is 11.7 Å². The number of aliphatic carboxylic acids is 1. The van der Waals surface area contributed by atoms with Crippen LogP contribution >= 0.6 is 0 Å². The lowest BCUT2D eigenvalue weighted by Gasteiger charge is -2.22. The summed E-state index contributed by atoms with van der Waals surface area (Å²) in [5, 5.41) is 9.18. The minimum absolute atomic E-state index is 0.0666. The van der Waals surface area contributed by atoms with Gasteiger partial charge in [0.1, 0.15) is 5.75 Å². The Morgan fingerprint density at radius 1 is 1.22 bits per heavy atom. The van der Waals surface area contributed by atoms with Gasteiger partial charge in [-0.2, -0.15) is 0 Å². The fraction of sp³-hybridized carbons (Fsp3) is 0.533. The first-order valence-electron chi connectivity index (χ1n) is 6.33. The Balaban J connectivity index is 3.08. The van der Waals surface area contributed by atoms with Gasteiger partial charge in [0.25, 0.3) is 0 Å². The molecule has 0 aliphatic rings. The molecular formula is C15H22O3. The largest absolute Gasteiger partial charge is 0.478 e. The van der Waals surface area contributed by atoms with Crippen LogP contribution in [0.4, 0.5) is 0 Å². The predicted molar refractivity (Wildman–Crippen MR) is 72.2 cm³/mol. The standard InChI is InChI=1S/C15H22O3/c1-9(2)12-7-6-11(5)8-13(12)18-14(10(3)4)15(16)17/h6-10,14H,1-5H3,(H,16,17). The molecule has 0 saturated carbocycles. The normalized spacial score (nSPS) is 12.8. The Morgan fingerprint density at radius 3 is 2.28 bits per heavy atom. The average molecular weight is 250 g/mol. The highest BCUT2D eigenvalue weighted by Crippen LogP contribution is 2.29. The predicted octanol–water partition coefficient (Wildman–Crippen LogP) is 3.61. The Kier molecular flexibility index (Phi) is 4.76. The second-order valence-electron chi connectivity index (χ2n) is 5.32. The fourth-order valence-corrected chi connectivity index (χ4v) is 1.83. The van der Waals surface area contributed by atoms with Crippen LogP contribution in [0.2, 0.25) is 0 Å². The Hall–Kier alpha value is -1.51. The zero-order valence-corrected chi connectivity index (χ0v) is 11.7. The maximum Gasteiger partial charge on any atom is 0.345 e. The highest BCUT2D eigenvalue weighted by Gasteiger charge is 2.24. The maximum absolute atomic E-state index is 11.2. The van der Waals surface area contributed by atoms with Gasteiger partial charge in [-0.05, 0) is 30.0 Å². The average Bonchev–Trinajstić information content (AvgIpc) is 2.24. The van der Waals surface area contributed by atoms with Crippen LogP contribution < -0.4 is 4.74 Å². The molecule has 0 bridgehead atoms. The van der Waals surface area contributed by atoms with E-state index in [0.717, 1.165) is 11.1 Å². The summed E-state index contributed by atoms with van der Waals surface area (Å²) in [7, 11) is 0. The first kappa shape index (κ1) is 14.6. The Labute approximate surface area is 109 Å². The highest BCUT2D eigenvalue weighted by atomic mass is 16.5. The third kappa shape index (κ3) is 3.49. The highest BCUT2D eigenvalue weighted by molar-refractivity contribution is 5.73. The lowest BCUT2D eigenvalue weighted by Crippen LogP contribution is -2.32. The van der Waals surface area contributed by atoms with Crippen molar-refractivity contribution in [2.45, 2.75) is 46.6 Å². The minimum Gasteiger partial charge on any atom is -0.478 e. The molecule has 0 saturated heterocycles. The van der Waals surface area contributed by atoms with Crippen LogP contribution in [0.25, 0.3) is 0 Å². The van der Waals surface area contributed by atoms with Gasteiger partial charge in [0.05, 0.1) is 0 Å². The van der Waals surface area contributed by atoms with Crippen LogP contribution in [-0.4, -0.2) is 17.2 Å². The first-order chi connectivity index (χ1) is 8.32. The first-order valence-corrected chi connectivity index (χ1v) is 6.33. The molecule has 0 spiro atoms. The molecule has 1 unspecified atom stereocenters. The van der Waals surface area contributed by atoms with Gasteiger partial charge in [-0.15, -0.1) is 0 Å². The second-order valence-corrected chi connectivity index (χ2v) is 5.32. The fourth-order valence-electron chi connectivity index (χ4n) is 1.83. The number of ether oxygens (including phenoxy) is 1. The molecule has 0 amide bonds. The summed E-state index contributed by atoms with van der Waals surface area (Å²) >= 11 is 0. The number of hydrogen-bond donors (Lipinski definition) is 1. The molecule has 0 heterocycles. The zero-order valence-electron chi connectivity index (χ0n) is 11.7. The summed E-state index contributed by atoms with van der Waals surface area (Å²) in [4.78, 5) is 11.2. The quantitative estimate of drug-likeness (QED) is 0.868. The molecule has 0 aliphatic heterocycles. The summed E-state index contributed by atoms with van der Waals surface area (Å²) in [5.74, 6) is 0.0116. The van der Waals surface area contributed by atoms with E-state index in [4.69, 9.17) is 4.74 Å². The number of carboxylic acids is 1. The molecule has 1 N–H and O–H groups in total. The van der Waals surface area contributed by atoms with Crippen molar-refractivity contribution in [3.05, 3.63) is 29.3 Å². The van der Waals surface area contributed by atoms with Gasteiger partial charge in [0.15, 0.2) is 6.10 Å². The van der Waals surface area contributed by atoms with Crippen molar-refractivity contribution in [1.82, 2.24) is 0 Å². The van der Waals surface area contributed by atoms with Crippen LogP contribution in [0.1, 0.15) is 44.7 Å². The van der Waals surface area contributed by atoms with E-state index in [1.807, 2.05) is 39.0 Å². The number of aryl methyl sites for hydroxylation is 1. The van der Waals surface area contributed by atoms with Gasteiger partial charge in [0.2, 0.25) is 0 Å². The number of carboxylic acid groups (broad SMARTS) is 1. The molecule has 1 aromatic rings. The van der Waals surface area contributed by atoms with Gasteiger partial charge in [0, 0.05) is 5.92 Å². The number of rotatable bonds is 5. The minimum atomic E-state index is -0.916. The number of benzene rings is 1. The summed E-state index contributed by atoms with van der Waals surface area (Å²) in [5.41, 5.74) is 2.12. The maximum atomic E-state index is 11.2. The summed E-state index contributed by atoms with van der Waals surface area (Å²) < 4.78 is 5.71. The topological polar surface area (TPSA) is 46.5 Å². The van der Waals surface area contributed by atoms with Crippen LogP contribution in [0.15, 0.2) is 18.2 Å². The van der Waals surface area contributed by atoms with Crippen molar-refractivity contribution in [1.29, 1.82) is 0 Å². The van der Waals surface area contributed by atoms with E-state index in [9.17, 15) is 9.90 Å². The van der Waals surface area contributed by atoms with Gasteiger partial charge >= 0.3 is 5.97 Å². The van der Waals surface area contributed by atoms with Gasteiger partial charge < -0.3 is 9.84 Å². The third-order valence-electron chi connectivity index (χ3n) is 2.89. The van der Waals surface area contributed by atoms with Gasteiger partial charge in [-0.3, -0.25) is 0 Å². The van der Waals surface area contributed by atoms with E-state index >= 15 is 0 Å². The lowest BCUT2D eigenvalue weighted by molar-refractivity contribution is -0.147. The Morgan fingerprint density at radius 2 is 1.83 bits per heavy atom. The molecular weight excluding hydrogens is 228 g/mol. The van der Waals surface area contributed by atoms with Crippen molar-refractivity contribution in [2.75, 3.05) is 0 Å². The molecule has 18 heavy (non-hydrogen) atoms. The monoisotopic (exact) mass is 250 g/mol. The molecule has 0 aliphatic carbocycles. The Bertz CT molecular complexity index is 422. The van der Waals surface area contributed by atoms with E-state index in [-0.39, 0.29) is 5.92 Å². The molecule has 1 rings (SSSR count). The molecule has 0 aromatic heterocycles. The lowest BCUT2D eigenvalue weighted by atomic mass is 10.00. The molecule has 0 fully saturated rings. The van der Waals surface area contributed by atoms with Crippen LogP contribution in [0.3, 0.4) is 0 Å². The molecule has 3 nitrogen and oxygen atoms in total. The van der Waals surface area contributed by atoms with Crippen LogP contribution in [-0.2, 0) is 4.79 Å². The van der Waals surface area contributed by atoms with E-state index in [2.05, 4.69) is 13.8 Å². The van der Waals surface area contributed by atoms with Gasteiger partial charge in [-0.1, -0.05) is 39.8 Å². The molecule has 3 heteroatoms. The SMILES string of the molecule is Cc1ccc(C(C)C)c(OC(C(=O)O)C(C)C)c1. The van der Waals surface area contributed by atoms with Crippen molar-refractivity contribution >= 4 is 5.97 Å². The van der Waals surface area contributed by atoms with Crippen molar-refractivity contribution in [3.63, 3.8) is 0 Å². The summed E-state index contributed by atoms with van der Waals surface area (Å²) in [6.07, 6.45) is -0.802. The van der Waals surface area contributed by atoms with E-state index < -0.39 is 12.1 Å². The molecule has 0 radical (unpaired) electrons. The molecule has 100 valence electrons. The van der Waals surface area contributed by atoms with Crippen LogP contribution in [0, 0.1) is 12.8 Å². The molecule has 1 atom stereocenters. The van der Waals surface area contributed by atoms with E-state index in [1.54, 1.807) is 0 Å². The van der Waals surface area contributed by atoms with Gasteiger partial charge in [-0.25, -0.2) is 4.79 Å². The van der Waals surface area contributed by atoms with E-state index in [1.165, 1.54) is 0 Å². The van der Waals surface area contributed by atoms with Crippen molar-refractivity contribution in [3.8, 4) is 5.75 Å². The second kappa shape index (κ2) is 5.89. The summed E-state index contributed by atoms with van der Waals surface area (Å²) in [6.45, 7) is 9.82.